The van der Waals surface area contributed by atoms with Gasteiger partial charge in [0.25, 0.3) is 5.91 Å². The molecule has 0 atom stereocenters. The van der Waals surface area contributed by atoms with Gasteiger partial charge >= 0.3 is 0 Å². The maximum Gasteiger partial charge on any atom is 0.258 e. The molecule has 28 heavy (non-hydrogen) atoms. The van der Waals surface area contributed by atoms with Gasteiger partial charge in [-0.15, -0.1) is 0 Å². The van der Waals surface area contributed by atoms with Gasteiger partial charge in [0, 0.05) is 31.7 Å². The summed E-state index contributed by atoms with van der Waals surface area (Å²) in [7, 11) is 1.59. The second-order valence-corrected chi connectivity index (χ2v) is 7.11. The zero-order chi connectivity index (χ0) is 19.3. The molecule has 6 heteroatoms. The van der Waals surface area contributed by atoms with Crippen molar-refractivity contribution in [1.82, 2.24) is 9.80 Å². The molecule has 2 aromatic rings. The molecule has 0 radical (unpaired) electrons. The Labute approximate surface area is 165 Å². The van der Waals surface area contributed by atoms with Crippen molar-refractivity contribution in [2.24, 2.45) is 0 Å². The zero-order valence-electron chi connectivity index (χ0n) is 16.2. The second kappa shape index (κ2) is 8.63. The molecule has 0 spiro atoms. The maximum atomic E-state index is 13.1. The summed E-state index contributed by atoms with van der Waals surface area (Å²) < 4.78 is 16.7. The van der Waals surface area contributed by atoms with E-state index >= 15 is 0 Å². The van der Waals surface area contributed by atoms with E-state index in [-0.39, 0.29) is 5.91 Å². The minimum Gasteiger partial charge on any atom is -0.496 e. The minimum absolute atomic E-state index is 0.0347. The van der Waals surface area contributed by atoms with E-state index in [0.717, 1.165) is 44.2 Å². The van der Waals surface area contributed by atoms with Gasteiger partial charge in [-0.3, -0.25) is 9.69 Å². The highest BCUT2D eigenvalue weighted by molar-refractivity contribution is 5.97. The van der Waals surface area contributed by atoms with Crippen molar-refractivity contribution in [1.29, 1.82) is 0 Å². The van der Waals surface area contributed by atoms with E-state index in [2.05, 4.69) is 17.0 Å². The van der Waals surface area contributed by atoms with Crippen LogP contribution in [0.3, 0.4) is 0 Å². The van der Waals surface area contributed by atoms with Gasteiger partial charge in [-0.2, -0.15) is 0 Å². The number of benzene rings is 2. The Hall–Kier alpha value is -2.57. The Morgan fingerprint density at radius 2 is 1.89 bits per heavy atom. The SMILES string of the molecule is COc1ccccc1C(=O)N1CCOc2ccc(CN3CCOCC3)cc2C1. The predicted molar refractivity (Wildman–Crippen MR) is 106 cm³/mol. The highest BCUT2D eigenvalue weighted by atomic mass is 16.5. The van der Waals surface area contributed by atoms with E-state index in [4.69, 9.17) is 14.2 Å². The Morgan fingerprint density at radius 3 is 2.71 bits per heavy atom. The van der Waals surface area contributed by atoms with Gasteiger partial charge in [0.15, 0.2) is 0 Å². The highest BCUT2D eigenvalue weighted by Crippen LogP contribution is 2.27. The van der Waals surface area contributed by atoms with Crippen LogP contribution in [0, 0.1) is 0 Å². The second-order valence-electron chi connectivity index (χ2n) is 7.11. The highest BCUT2D eigenvalue weighted by Gasteiger charge is 2.23. The van der Waals surface area contributed by atoms with E-state index < -0.39 is 0 Å². The fourth-order valence-corrected chi connectivity index (χ4v) is 3.73. The Balaban J connectivity index is 1.53. The van der Waals surface area contributed by atoms with Crippen LogP contribution < -0.4 is 9.47 Å². The van der Waals surface area contributed by atoms with Crippen LogP contribution in [-0.2, 0) is 17.8 Å². The average Bonchev–Trinajstić information content (AvgIpc) is 2.96. The summed E-state index contributed by atoms with van der Waals surface area (Å²) in [6.45, 7) is 5.92. The van der Waals surface area contributed by atoms with Gasteiger partial charge in [0.1, 0.15) is 18.1 Å². The van der Waals surface area contributed by atoms with E-state index in [1.807, 2.05) is 35.2 Å². The summed E-state index contributed by atoms with van der Waals surface area (Å²) in [6.07, 6.45) is 0. The first-order chi connectivity index (χ1) is 13.7. The first kappa shape index (κ1) is 18.8. The number of carbonyl (C=O) groups is 1. The number of para-hydroxylation sites is 1. The van der Waals surface area contributed by atoms with Crippen molar-refractivity contribution in [3.8, 4) is 11.5 Å². The van der Waals surface area contributed by atoms with E-state index in [9.17, 15) is 4.79 Å². The van der Waals surface area contributed by atoms with Crippen LogP contribution in [0.15, 0.2) is 42.5 Å². The minimum atomic E-state index is -0.0347. The molecular formula is C22H26N2O4. The van der Waals surface area contributed by atoms with Crippen molar-refractivity contribution in [3.05, 3.63) is 59.2 Å². The van der Waals surface area contributed by atoms with Crippen LogP contribution in [0.25, 0.3) is 0 Å². The molecule has 0 N–H and O–H groups in total. The van der Waals surface area contributed by atoms with Gasteiger partial charge in [-0.1, -0.05) is 18.2 Å². The van der Waals surface area contributed by atoms with Crippen molar-refractivity contribution in [3.63, 3.8) is 0 Å². The monoisotopic (exact) mass is 382 g/mol. The molecule has 2 heterocycles. The van der Waals surface area contributed by atoms with Gasteiger partial charge < -0.3 is 19.1 Å². The first-order valence-corrected chi connectivity index (χ1v) is 9.71. The molecule has 1 saturated heterocycles. The normalized spacial score (nSPS) is 17.4. The summed E-state index contributed by atoms with van der Waals surface area (Å²) in [5, 5.41) is 0. The average molecular weight is 382 g/mol. The van der Waals surface area contributed by atoms with E-state index in [1.165, 1.54) is 5.56 Å². The van der Waals surface area contributed by atoms with Crippen molar-refractivity contribution < 1.29 is 19.0 Å². The molecular weight excluding hydrogens is 356 g/mol. The molecule has 2 aliphatic heterocycles. The third-order valence-electron chi connectivity index (χ3n) is 5.24. The van der Waals surface area contributed by atoms with Gasteiger partial charge in [0.2, 0.25) is 0 Å². The summed E-state index contributed by atoms with van der Waals surface area (Å²) in [6, 6.07) is 13.7. The molecule has 6 nitrogen and oxygen atoms in total. The maximum absolute atomic E-state index is 13.1. The molecule has 1 fully saturated rings. The van der Waals surface area contributed by atoms with Gasteiger partial charge in [-0.25, -0.2) is 0 Å². The predicted octanol–water partition coefficient (Wildman–Crippen LogP) is 2.56. The van der Waals surface area contributed by atoms with Crippen LogP contribution in [-0.4, -0.2) is 62.3 Å². The number of hydrogen-bond donors (Lipinski definition) is 0. The van der Waals surface area contributed by atoms with Crippen LogP contribution >= 0.6 is 0 Å². The lowest BCUT2D eigenvalue weighted by molar-refractivity contribution is 0.0341. The number of hydrogen-bond acceptors (Lipinski definition) is 5. The number of carbonyl (C=O) groups excluding carboxylic acids is 1. The molecule has 2 aliphatic rings. The lowest BCUT2D eigenvalue weighted by Crippen LogP contribution is -2.35. The number of nitrogens with zero attached hydrogens (tertiary/aromatic N) is 2. The molecule has 148 valence electrons. The number of fused-ring (bicyclic) bond motifs is 1. The molecule has 0 unspecified atom stereocenters. The van der Waals surface area contributed by atoms with Crippen molar-refractivity contribution in [2.45, 2.75) is 13.1 Å². The number of morpholine rings is 1. The fourth-order valence-electron chi connectivity index (χ4n) is 3.73. The first-order valence-electron chi connectivity index (χ1n) is 9.71. The fraction of sp³-hybridized carbons (Fsp3) is 0.409. The molecule has 0 bridgehead atoms. The van der Waals surface area contributed by atoms with E-state index in [1.54, 1.807) is 7.11 Å². The lowest BCUT2D eigenvalue weighted by atomic mass is 10.1. The van der Waals surface area contributed by atoms with Crippen molar-refractivity contribution >= 4 is 5.91 Å². The number of ether oxygens (including phenoxy) is 3. The number of methoxy groups -OCH3 is 1. The van der Waals surface area contributed by atoms with Gasteiger partial charge in [-0.05, 0) is 29.8 Å². The lowest BCUT2D eigenvalue weighted by Gasteiger charge is -2.27. The standard InChI is InChI=1S/C22H26N2O4/c1-26-21-5-3-2-4-19(21)22(25)24-10-13-28-20-7-6-17(14-18(20)16-24)15-23-8-11-27-12-9-23/h2-7,14H,8-13,15-16H2,1H3. The molecule has 4 rings (SSSR count). The zero-order valence-corrected chi connectivity index (χ0v) is 16.2. The molecule has 0 aromatic heterocycles. The Bertz CT molecular complexity index is 833. The van der Waals surface area contributed by atoms with E-state index in [0.29, 0.717) is 31.0 Å². The summed E-state index contributed by atoms with van der Waals surface area (Å²) >= 11 is 0. The largest absolute Gasteiger partial charge is 0.496 e. The quantitative estimate of drug-likeness (QED) is 0.814. The van der Waals surface area contributed by atoms with Crippen LogP contribution in [0.2, 0.25) is 0 Å². The summed E-state index contributed by atoms with van der Waals surface area (Å²) in [5.74, 6) is 1.42. The Morgan fingerprint density at radius 1 is 1.07 bits per heavy atom. The summed E-state index contributed by atoms with van der Waals surface area (Å²) in [4.78, 5) is 17.3. The molecule has 2 aromatic carbocycles. The third kappa shape index (κ3) is 4.13. The smallest absolute Gasteiger partial charge is 0.258 e. The van der Waals surface area contributed by atoms with Crippen molar-refractivity contribution in [2.75, 3.05) is 46.6 Å². The number of amides is 1. The third-order valence-corrected chi connectivity index (χ3v) is 5.24. The molecule has 0 saturated carbocycles. The van der Waals surface area contributed by atoms with Crippen LogP contribution in [0.1, 0.15) is 21.5 Å². The van der Waals surface area contributed by atoms with Crippen LogP contribution in [0.4, 0.5) is 0 Å². The Kier molecular flexibility index (Phi) is 5.78. The molecule has 0 aliphatic carbocycles. The topological polar surface area (TPSA) is 51.2 Å². The summed E-state index contributed by atoms with van der Waals surface area (Å²) in [5.41, 5.74) is 2.86. The molecule has 1 amide bonds. The van der Waals surface area contributed by atoms with Crippen LogP contribution in [0.5, 0.6) is 11.5 Å². The number of rotatable bonds is 4. The van der Waals surface area contributed by atoms with Gasteiger partial charge in [0.05, 0.1) is 32.4 Å².